The van der Waals surface area contributed by atoms with Crippen molar-refractivity contribution < 1.29 is 27.8 Å². The molecule has 4 rings (SSSR count). The molecule has 3 heterocycles. The van der Waals surface area contributed by atoms with Crippen LogP contribution in [0.15, 0.2) is 16.7 Å². The fourth-order valence-corrected chi connectivity index (χ4v) is 4.05. The van der Waals surface area contributed by atoms with E-state index in [-0.39, 0.29) is 31.2 Å². The molecule has 0 bridgehead atoms. The lowest BCUT2D eigenvalue weighted by atomic mass is 9.94. The van der Waals surface area contributed by atoms with Gasteiger partial charge in [0.1, 0.15) is 12.2 Å². The summed E-state index contributed by atoms with van der Waals surface area (Å²) in [6.07, 6.45) is 7.50. The third kappa shape index (κ3) is 3.01. The maximum Gasteiger partial charge on any atom is 0.283 e. The molecule has 4 atom stereocenters. The molecule has 5 nitrogen and oxygen atoms in total. The summed E-state index contributed by atoms with van der Waals surface area (Å²) in [6, 6.07) is 0.997. The predicted molar refractivity (Wildman–Crippen MR) is 82.6 cm³/mol. The lowest BCUT2D eigenvalue weighted by molar-refractivity contribution is -0.249. The molecule has 1 aromatic rings. The SMILES string of the molecule is CCC[C@H]1O[C@@H]2OC3(CCCCC3)O[C@@H]2[C@H]1OCc1ccoc1F. The van der Waals surface area contributed by atoms with Crippen molar-refractivity contribution in [3.8, 4) is 0 Å². The number of hydrogen-bond donors (Lipinski definition) is 0. The Bertz CT molecular complexity index is 553. The molecule has 2 aliphatic heterocycles. The topological polar surface area (TPSA) is 50.1 Å². The van der Waals surface area contributed by atoms with E-state index in [4.69, 9.17) is 23.4 Å². The summed E-state index contributed by atoms with van der Waals surface area (Å²) in [5.41, 5.74) is 0.417. The minimum atomic E-state index is -0.593. The van der Waals surface area contributed by atoms with Gasteiger partial charge >= 0.3 is 0 Å². The average molecular weight is 340 g/mol. The third-order valence-corrected chi connectivity index (χ3v) is 5.26. The van der Waals surface area contributed by atoms with Crippen molar-refractivity contribution in [3.05, 3.63) is 23.9 Å². The van der Waals surface area contributed by atoms with Gasteiger partial charge in [-0.3, -0.25) is 0 Å². The quantitative estimate of drug-likeness (QED) is 0.813. The monoisotopic (exact) mass is 340 g/mol. The van der Waals surface area contributed by atoms with Gasteiger partial charge in [0.2, 0.25) is 0 Å². The Morgan fingerprint density at radius 3 is 2.79 bits per heavy atom. The van der Waals surface area contributed by atoms with Gasteiger partial charge in [0.15, 0.2) is 12.1 Å². The zero-order valence-corrected chi connectivity index (χ0v) is 14.0. The van der Waals surface area contributed by atoms with Gasteiger partial charge in [-0.05, 0) is 25.3 Å². The van der Waals surface area contributed by atoms with Crippen molar-refractivity contribution in [2.45, 2.75) is 88.9 Å². The van der Waals surface area contributed by atoms with E-state index in [9.17, 15) is 4.39 Å². The van der Waals surface area contributed by atoms with Crippen LogP contribution in [0.3, 0.4) is 0 Å². The van der Waals surface area contributed by atoms with Crippen LogP contribution in [0.5, 0.6) is 0 Å². The largest absolute Gasteiger partial charge is 0.439 e. The second-order valence-corrected chi connectivity index (χ2v) is 7.00. The Morgan fingerprint density at radius 1 is 1.25 bits per heavy atom. The summed E-state index contributed by atoms with van der Waals surface area (Å²) < 4.78 is 42.8. The number of hydrogen-bond acceptors (Lipinski definition) is 5. The first-order chi connectivity index (χ1) is 11.7. The zero-order valence-electron chi connectivity index (χ0n) is 14.0. The average Bonchev–Trinajstić information content (AvgIpc) is 3.21. The molecule has 0 radical (unpaired) electrons. The highest BCUT2D eigenvalue weighted by Gasteiger charge is 2.58. The zero-order chi connectivity index (χ0) is 16.6. The lowest BCUT2D eigenvalue weighted by Gasteiger charge is -2.34. The highest BCUT2D eigenvalue weighted by Crippen LogP contribution is 2.46. The summed E-state index contributed by atoms with van der Waals surface area (Å²) in [7, 11) is 0. The number of ether oxygens (including phenoxy) is 4. The van der Waals surface area contributed by atoms with Crippen LogP contribution in [0.25, 0.3) is 0 Å². The van der Waals surface area contributed by atoms with Gasteiger partial charge in [0, 0.05) is 12.8 Å². The molecule has 24 heavy (non-hydrogen) atoms. The highest BCUT2D eigenvalue weighted by atomic mass is 19.1. The van der Waals surface area contributed by atoms with Gasteiger partial charge in [-0.2, -0.15) is 4.39 Å². The molecule has 2 saturated heterocycles. The van der Waals surface area contributed by atoms with Crippen molar-refractivity contribution in [1.29, 1.82) is 0 Å². The molecule has 1 aliphatic carbocycles. The van der Waals surface area contributed by atoms with E-state index in [1.54, 1.807) is 6.07 Å². The van der Waals surface area contributed by atoms with Crippen molar-refractivity contribution in [2.24, 2.45) is 0 Å². The van der Waals surface area contributed by atoms with E-state index in [1.807, 2.05) is 0 Å². The molecule has 1 spiro atoms. The second kappa shape index (κ2) is 6.75. The van der Waals surface area contributed by atoms with E-state index in [0.717, 1.165) is 38.5 Å². The van der Waals surface area contributed by atoms with Crippen LogP contribution in [0.4, 0.5) is 4.39 Å². The summed E-state index contributed by atoms with van der Waals surface area (Å²) in [4.78, 5) is 0. The lowest BCUT2D eigenvalue weighted by Crippen LogP contribution is -2.40. The number of rotatable bonds is 5. The van der Waals surface area contributed by atoms with E-state index < -0.39 is 11.8 Å². The number of furan rings is 1. The van der Waals surface area contributed by atoms with Crippen LogP contribution in [-0.2, 0) is 25.6 Å². The normalized spacial score (nSPS) is 34.8. The summed E-state index contributed by atoms with van der Waals surface area (Å²) in [6.45, 7) is 2.25. The molecule has 3 aliphatic rings. The molecule has 0 aromatic carbocycles. The Labute approximate surface area is 141 Å². The van der Waals surface area contributed by atoms with Gasteiger partial charge < -0.3 is 23.4 Å². The Kier molecular flexibility index (Phi) is 4.64. The summed E-state index contributed by atoms with van der Waals surface area (Å²) in [5, 5.41) is 0. The second-order valence-electron chi connectivity index (χ2n) is 7.00. The fraction of sp³-hybridized carbons (Fsp3) is 0.778. The van der Waals surface area contributed by atoms with E-state index in [2.05, 4.69) is 6.92 Å². The maximum atomic E-state index is 13.5. The van der Waals surface area contributed by atoms with Gasteiger partial charge in [-0.25, -0.2) is 0 Å². The Balaban J connectivity index is 1.45. The first-order valence-electron chi connectivity index (χ1n) is 9.05. The van der Waals surface area contributed by atoms with Crippen LogP contribution < -0.4 is 0 Å². The van der Waals surface area contributed by atoms with E-state index in [0.29, 0.717) is 5.56 Å². The summed E-state index contributed by atoms with van der Waals surface area (Å²) >= 11 is 0. The molecular weight excluding hydrogens is 315 g/mol. The van der Waals surface area contributed by atoms with Crippen molar-refractivity contribution in [1.82, 2.24) is 0 Å². The molecule has 1 saturated carbocycles. The van der Waals surface area contributed by atoms with Gasteiger partial charge in [0.25, 0.3) is 6.01 Å². The molecule has 3 fully saturated rings. The Hall–Kier alpha value is -0.950. The van der Waals surface area contributed by atoms with Gasteiger partial charge in [0.05, 0.1) is 24.5 Å². The first kappa shape index (κ1) is 16.5. The first-order valence-corrected chi connectivity index (χ1v) is 9.05. The molecule has 0 N–H and O–H groups in total. The smallest absolute Gasteiger partial charge is 0.283 e. The molecular formula is C18H25FO5. The Morgan fingerprint density at radius 2 is 2.08 bits per heavy atom. The minimum Gasteiger partial charge on any atom is -0.439 e. The van der Waals surface area contributed by atoms with Gasteiger partial charge in [-0.15, -0.1) is 0 Å². The predicted octanol–water partition coefficient (Wildman–Crippen LogP) is 3.90. The number of halogens is 1. The van der Waals surface area contributed by atoms with Crippen LogP contribution in [-0.4, -0.2) is 30.4 Å². The third-order valence-electron chi connectivity index (χ3n) is 5.26. The molecule has 6 heteroatoms. The van der Waals surface area contributed by atoms with Crippen LogP contribution in [0, 0.1) is 6.01 Å². The standard InChI is InChI=1S/C18H25FO5/c1-2-6-13-14(21-11-12-7-10-20-16(12)19)15-17(22-13)24-18(23-15)8-4-3-5-9-18/h7,10,13-15,17H,2-6,8-9,11H2,1H3/t13-,14+,15-,17-/m1/s1. The van der Waals surface area contributed by atoms with Crippen LogP contribution in [0.1, 0.15) is 57.4 Å². The maximum absolute atomic E-state index is 13.5. The van der Waals surface area contributed by atoms with Crippen LogP contribution in [0.2, 0.25) is 0 Å². The number of fused-ring (bicyclic) bond motifs is 1. The van der Waals surface area contributed by atoms with E-state index >= 15 is 0 Å². The van der Waals surface area contributed by atoms with Crippen molar-refractivity contribution in [3.63, 3.8) is 0 Å². The molecule has 1 aromatic heterocycles. The molecule has 0 amide bonds. The van der Waals surface area contributed by atoms with Gasteiger partial charge in [-0.1, -0.05) is 19.8 Å². The van der Waals surface area contributed by atoms with Crippen LogP contribution >= 0.6 is 0 Å². The minimum absolute atomic E-state index is 0.0825. The fourth-order valence-electron chi connectivity index (χ4n) is 4.05. The van der Waals surface area contributed by atoms with Crippen molar-refractivity contribution >= 4 is 0 Å². The van der Waals surface area contributed by atoms with E-state index in [1.165, 1.54) is 12.7 Å². The summed E-state index contributed by atoms with van der Waals surface area (Å²) in [5.74, 6) is -0.507. The highest BCUT2D eigenvalue weighted by molar-refractivity contribution is 5.06. The molecule has 0 unspecified atom stereocenters. The van der Waals surface area contributed by atoms with Crippen molar-refractivity contribution in [2.75, 3.05) is 0 Å². The molecule has 134 valence electrons.